The number of hydrogen-bond donors (Lipinski definition) is 0. The first-order valence-electron chi connectivity index (χ1n) is 20.9. The van der Waals surface area contributed by atoms with Crippen molar-refractivity contribution in [3.63, 3.8) is 0 Å². The third-order valence-electron chi connectivity index (χ3n) is 11.4. The van der Waals surface area contributed by atoms with Gasteiger partial charge in [-0.25, -0.2) is 15.0 Å². The molecule has 9 aromatic carbocycles. The van der Waals surface area contributed by atoms with Crippen LogP contribution in [0.4, 0.5) is 17.1 Å². The summed E-state index contributed by atoms with van der Waals surface area (Å²) in [6.45, 7) is 0. The van der Waals surface area contributed by atoms with Crippen molar-refractivity contribution in [3.05, 3.63) is 237 Å². The lowest BCUT2D eigenvalue weighted by atomic mass is 10.0. The van der Waals surface area contributed by atoms with Crippen LogP contribution in [0.25, 0.3) is 83.9 Å². The molecule has 11 aromatic rings. The molecule has 0 aliphatic heterocycles. The lowest BCUT2D eigenvalue weighted by Crippen LogP contribution is -2.09. The molecule has 0 unspecified atom stereocenters. The molecule has 0 radical (unpaired) electrons. The summed E-state index contributed by atoms with van der Waals surface area (Å²) in [7, 11) is 0. The molecule has 5 nitrogen and oxygen atoms in total. The molecule has 62 heavy (non-hydrogen) atoms. The SMILES string of the molecule is c1ccc(-c2nc(-c3ccccc3)nc(-c3cccc(-c4cccc(-n5c6ccccc6c6cc(-c7ccc(N(c8ccccc8)c8ccccc8)cc7)ccc65)c4)c3)n2)cc1. The highest BCUT2D eigenvalue weighted by Crippen LogP contribution is 2.39. The van der Waals surface area contributed by atoms with Crippen LogP contribution in [0.5, 0.6) is 0 Å². The van der Waals surface area contributed by atoms with Gasteiger partial charge in [0, 0.05) is 50.2 Å². The Hall–Kier alpha value is -8.41. The minimum atomic E-state index is 0.633. The second-order valence-electron chi connectivity index (χ2n) is 15.3. The molecule has 0 N–H and O–H groups in total. The summed E-state index contributed by atoms with van der Waals surface area (Å²) >= 11 is 0. The highest BCUT2D eigenvalue weighted by Gasteiger charge is 2.17. The number of benzene rings is 9. The van der Waals surface area contributed by atoms with Gasteiger partial charge in [0.15, 0.2) is 17.5 Å². The van der Waals surface area contributed by atoms with Gasteiger partial charge in [0.25, 0.3) is 0 Å². The molecule has 0 spiro atoms. The Balaban J connectivity index is 0.953. The molecule has 0 aliphatic rings. The summed E-state index contributed by atoms with van der Waals surface area (Å²) < 4.78 is 2.38. The smallest absolute Gasteiger partial charge is 0.164 e. The molecule has 5 heteroatoms. The number of para-hydroxylation sites is 3. The van der Waals surface area contributed by atoms with Crippen LogP contribution >= 0.6 is 0 Å². The molecular weight excluding hydrogens is 755 g/mol. The van der Waals surface area contributed by atoms with Crippen LogP contribution in [-0.2, 0) is 0 Å². The lowest BCUT2D eigenvalue weighted by molar-refractivity contribution is 1.07. The zero-order valence-electron chi connectivity index (χ0n) is 33.8. The molecule has 0 aliphatic carbocycles. The maximum atomic E-state index is 5.00. The Bertz CT molecular complexity index is 3230. The molecule has 0 fully saturated rings. The van der Waals surface area contributed by atoms with E-state index in [1.165, 1.54) is 21.9 Å². The van der Waals surface area contributed by atoms with E-state index >= 15 is 0 Å². The number of fused-ring (bicyclic) bond motifs is 3. The van der Waals surface area contributed by atoms with E-state index < -0.39 is 0 Å². The third-order valence-corrected chi connectivity index (χ3v) is 11.4. The molecule has 292 valence electrons. The molecule has 0 saturated heterocycles. The summed E-state index contributed by atoms with van der Waals surface area (Å²) in [6, 6.07) is 83.0. The summed E-state index contributed by atoms with van der Waals surface area (Å²) in [5.41, 5.74) is 14.1. The zero-order chi connectivity index (χ0) is 41.2. The van der Waals surface area contributed by atoms with E-state index in [4.69, 9.17) is 15.0 Å². The van der Waals surface area contributed by atoms with Gasteiger partial charge in [0.05, 0.1) is 11.0 Å². The number of anilines is 3. The minimum Gasteiger partial charge on any atom is -0.311 e. The van der Waals surface area contributed by atoms with E-state index in [2.05, 4.69) is 185 Å². The second-order valence-corrected chi connectivity index (χ2v) is 15.3. The molecule has 0 amide bonds. The molecule has 0 bridgehead atoms. The van der Waals surface area contributed by atoms with Crippen LogP contribution in [0.2, 0.25) is 0 Å². The fraction of sp³-hybridized carbons (Fsp3) is 0. The van der Waals surface area contributed by atoms with E-state index in [1.54, 1.807) is 0 Å². The number of aromatic nitrogens is 4. The zero-order valence-corrected chi connectivity index (χ0v) is 33.8. The Morgan fingerprint density at radius 2 is 0.710 bits per heavy atom. The van der Waals surface area contributed by atoms with Crippen LogP contribution < -0.4 is 4.90 Å². The van der Waals surface area contributed by atoms with Crippen molar-refractivity contribution >= 4 is 38.9 Å². The molecule has 11 rings (SSSR count). The first-order valence-corrected chi connectivity index (χ1v) is 20.9. The molecular formula is C57H39N5. The van der Waals surface area contributed by atoms with Gasteiger partial charge in [0.2, 0.25) is 0 Å². The van der Waals surface area contributed by atoms with Gasteiger partial charge in [0.1, 0.15) is 0 Å². The first kappa shape index (κ1) is 36.7. The van der Waals surface area contributed by atoms with Crippen LogP contribution in [0.1, 0.15) is 0 Å². The largest absolute Gasteiger partial charge is 0.311 e. The monoisotopic (exact) mass is 793 g/mol. The van der Waals surface area contributed by atoms with Gasteiger partial charge in [-0.1, -0.05) is 164 Å². The Morgan fingerprint density at radius 3 is 1.34 bits per heavy atom. The maximum absolute atomic E-state index is 5.00. The Morgan fingerprint density at radius 1 is 0.274 bits per heavy atom. The van der Waals surface area contributed by atoms with Gasteiger partial charge in [-0.05, 0) is 95.1 Å². The summed E-state index contributed by atoms with van der Waals surface area (Å²) in [4.78, 5) is 17.2. The van der Waals surface area contributed by atoms with Gasteiger partial charge in [-0.15, -0.1) is 0 Å². The summed E-state index contributed by atoms with van der Waals surface area (Å²) in [5, 5.41) is 2.43. The number of rotatable bonds is 9. The third kappa shape index (κ3) is 6.97. The van der Waals surface area contributed by atoms with E-state index in [9.17, 15) is 0 Å². The van der Waals surface area contributed by atoms with E-state index in [-0.39, 0.29) is 0 Å². The van der Waals surface area contributed by atoms with Crippen LogP contribution in [0, 0.1) is 0 Å². The van der Waals surface area contributed by atoms with Crippen molar-refractivity contribution in [2.24, 2.45) is 0 Å². The van der Waals surface area contributed by atoms with Gasteiger partial charge < -0.3 is 9.47 Å². The predicted molar refractivity (Wildman–Crippen MR) is 256 cm³/mol. The van der Waals surface area contributed by atoms with Crippen molar-refractivity contribution in [2.75, 3.05) is 4.90 Å². The molecule has 0 saturated carbocycles. The van der Waals surface area contributed by atoms with Gasteiger partial charge >= 0.3 is 0 Å². The lowest BCUT2D eigenvalue weighted by Gasteiger charge is -2.25. The normalized spacial score (nSPS) is 11.2. The fourth-order valence-electron chi connectivity index (χ4n) is 8.44. The minimum absolute atomic E-state index is 0.633. The van der Waals surface area contributed by atoms with Gasteiger partial charge in [-0.2, -0.15) is 0 Å². The molecule has 2 aromatic heterocycles. The van der Waals surface area contributed by atoms with Crippen molar-refractivity contribution in [1.82, 2.24) is 19.5 Å². The summed E-state index contributed by atoms with van der Waals surface area (Å²) in [6.07, 6.45) is 0. The first-order chi connectivity index (χ1) is 30.7. The second kappa shape index (κ2) is 16.0. The van der Waals surface area contributed by atoms with Gasteiger partial charge in [-0.3, -0.25) is 0 Å². The van der Waals surface area contributed by atoms with Crippen LogP contribution in [-0.4, -0.2) is 19.5 Å². The van der Waals surface area contributed by atoms with Crippen LogP contribution in [0.15, 0.2) is 237 Å². The molecule has 0 atom stereocenters. The average Bonchev–Trinajstić information content (AvgIpc) is 3.69. The quantitative estimate of drug-likeness (QED) is 0.146. The topological polar surface area (TPSA) is 46.8 Å². The highest BCUT2D eigenvalue weighted by atomic mass is 15.1. The van der Waals surface area contributed by atoms with Crippen LogP contribution in [0.3, 0.4) is 0 Å². The maximum Gasteiger partial charge on any atom is 0.164 e. The summed E-state index contributed by atoms with van der Waals surface area (Å²) in [5.74, 6) is 1.92. The molecule has 2 heterocycles. The van der Waals surface area contributed by atoms with E-state index in [1.807, 2.05) is 60.7 Å². The van der Waals surface area contributed by atoms with E-state index in [0.717, 1.165) is 61.6 Å². The Kier molecular flexibility index (Phi) is 9.45. The predicted octanol–water partition coefficient (Wildman–Crippen LogP) is 14.8. The van der Waals surface area contributed by atoms with Crippen molar-refractivity contribution in [3.8, 4) is 62.1 Å². The van der Waals surface area contributed by atoms with Crippen molar-refractivity contribution < 1.29 is 0 Å². The number of hydrogen-bond acceptors (Lipinski definition) is 4. The van der Waals surface area contributed by atoms with Crippen molar-refractivity contribution in [2.45, 2.75) is 0 Å². The number of nitrogens with zero attached hydrogens (tertiary/aromatic N) is 5. The Labute approximate surface area is 360 Å². The van der Waals surface area contributed by atoms with E-state index in [0.29, 0.717) is 17.5 Å². The van der Waals surface area contributed by atoms with Crippen molar-refractivity contribution in [1.29, 1.82) is 0 Å². The fourth-order valence-corrected chi connectivity index (χ4v) is 8.44. The highest BCUT2D eigenvalue weighted by molar-refractivity contribution is 6.10. The average molecular weight is 794 g/mol. The standard InChI is InChI=1S/C57H39N5/c1-5-17-41(18-6-1)55-58-56(42-19-7-2-8-20-42)60-57(59-55)46-23-15-21-43(37-46)44-22-16-28-50(38-44)62-53-30-14-13-29-51(53)52-39-45(33-36-54(52)62)40-31-34-49(35-32-40)61(47-24-9-3-10-25-47)48-26-11-4-12-27-48/h1-39H.